The number of fused-ring (bicyclic) bond motifs is 1. The lowest BCUT2D eigenvalue weighted by Gasteiger charge is -2.05. The van der Waals surface area contributed by atoms with Crippen molar-refractivity contribution in [1.29, 1.82) is 0 Å². The summed E-state index contributed by atoms with van der Waals surface area (Å²) in [5, 5.41) is 10.6. The maximum Gasteiger partial charge on any atom is 0.189 e. The second-order valence-corrected chi connectivity index (χ2v) is 6.97. The van der Waals surface area contributed by atoms with Crippen LogP contribution in [0.1, 0.15) is 13.8 Å². The summed E-state index contributed by atoms with van der Waals surface area (Å²) in [4.78, 5) is 23.7. The molecule has 1 N–H and O–H groups in total. The fourth-order valence-electron chi connectivity index (χ4n) is 1.66. The van der Waals surface area contributed by atoms with E-state index in [-0.39, 0.29) is 21.9 Å². The van der Waals surface area contributed by atoms with Crippen molar-refractivity contribution in [3.05, 3.63) is 50.2 Å². The fourth-order valence-corrected chi connectivity index (χ4v) is 3.96. The van der Waals surface area contributed by atoms with E-state index in [4.69, 9.17) is 11.6 Å². The summed E-state index contributed by atoms with van der Waals surface area (Å²) >= 11 is 8.36. The van der Waals surface area contributed by atoms with Gasteiger partial charge in [-0.25, -0.2) is 0 Å². The molecule has 0 atom stereocenters. The van der Waals surface area contributed by atoms with Gasteiger partial charge in [0.2, 0.25) is 0 Å². The molecule has 20 heavy (non-hydrogen) atoms. The SMILES string of the molecule is CC(=O)/C(Sc1cc(=O)c2cc(Cl)ccc2s1)=C(\C)O. The summed E-state index contributed by atoms with van der Waals surface area (Å²) in [6.07, 6.45) is 0. The number of hydrogen-bond acceptors (Lipinski definition) is 5. The second-order valence-electron chi connectivity index (χ2n) is 4.14. The van der Waals surface area contributed by atoms with E-state index in [1.807, 2.05) is 0 Å². The molecule has 0 bridgehead atoms. The Hall–Kier alpha value is -1.30. The number of aliphatic hydroxyl groups is 1. The van der Waals surface area contributed by atoms with Crippen LogP contribution in [0.4, 0.5) is 0 Å². The van der Waals surface area contributed by atoms with Crippen LogP contribution in [0, 0.1) is 0 Å². The van der Waals surface area contributed by atoms with Gasteiger partial charge < -0.3 is 5.11 Å². The lowest BCUT2D eigenvalue weighted by Crippen LogP contribution is -2.00. The van der Waals surface area contributed by atoms with Crippen molar-refractivity contribution >= 4 is 50.6 Å². The van der Waals surface area contributed by atoms with Crippen molar-refractivity contribution in [3.8, 4) is 0 Å². The van der Waals surface area contributed by atoms with Gasteiger partial charge in [-0.3, -0.25) is 9.59 Å². The van der Waals surface area contributed by atoms with Crippen LogP contribution in [0.2, 0.25) is 5.02 Å². The van der Waals surface area contributed by atoms with Gasteiger partial charge in [0, 0.05) is 21.2 Å². The number of benzene rings is 1. The van der Waals surface area contributed by atoms with Crippen molar-refractivity contribution < 1.29 is 9.90 Å². The number of hydrogen-bond donors (Lipinski definition) is 1. The first-order valence-corrected chi connectivity index (χ1v) is 7.71. The van der Waals surface area contributed by atoms with E-state index >= 15 is 0 Å². The van der Waals surface area contributed by atoms with Crippen molar-refractivity contribution in [1.82, 2.24) is 0 Å². The molecule has 0 aliphatic carbocycles. The lowest BCUT2D eigenvalue weighted by atomic mass is 10.2. The van der Waals surface area contributed by atoms with Gasteiger partial charge in [0.15, 0.2) is 11.2 Å². The Kier molecular flexibility index (Phi) is 4.52. The lowest BCUT2D eigenvalue weighted by molar-refractivity contribution is -0.113. The number of ketones is 1. The summed E-state index contributed by atoms with van der Waals surface area (Å²) in [6, 6.07) is 6.58. The van der Waals surface area contributed by atoms with Crippen LogP contribution in [0.25, 0.3) is 10.1 Å². The Morgan fingerprint density at radius 2 is 2.00 bits per heavy atom. The van der Waals surface area contributed by atoms with Gasteiger partial charge in [-0.2, -0.15) is 0 Å². The zero-order valence-electron chi connectivity index (χ0n) is 10.8. The van der Waals surface area contributed by atoms with E-state index in [0.717, 1.165) is 16.5 Å². The molecule has 0 aliphatic rings. The van der Waals surface area contributed by atoms with E-state index in [1.54, 1.807) is 18.2 Å². The largest absolute Gasteiger partial charge is 0.511 e. The van der Waals surface area contributed by atoms with Gasteiger partial charge in [0.05, 0.1) is 9.11 Å². The van der Waals surface area contributed by atoms with Crippen LogP contribution in [0.5, 0.6) is 0 Å². The number of allylic oxidation sites excluding steroid dienone is 2. The molecule has 1 aromatic heterocycles. The van der Waals surface area contributed by atoms with Crippen LogP contribution in [-0.2, 0) is 4.79 Å². The summed E-state index contributed by atoms with van der Waals surface area (Å²) < 4.78 is 1.45. The molecule has 0 saturated carbocycles. The van der Waals surface area contributed by atoms with Crippen molar-refractivity contribution in [2.24, 2.45) is 0 Å². The van der Waals surface area contributed by atoms with E-state index < -0.39 is 0 Å². The first-order chi connectivity index (χ1) is 9.38. The highest BCUT2D eigenvalue weighted by Gasteiger charge is 2.12. The molecular formula is C14H11ClO3S2. The molecule has 1 aromatic carbocycles. The van der Waals surface area contributed by atoms with Crippen molar-refractivity contribution in [2.75, 3.05) is 0 Å². The predicted octanol–water partition coefficient (Wildman–Crippen LogP) is 4.39. The molecule has 0 aliphatic heterocycles. The highest BCUT2D eigenvalue weighted by atomic mass is 35.5. The van der Waals surface area contributed by atoms with Crippen LogP contribution < -0.4 is 5.43 Å². The third kappa shape index (κ3) is 3.23. The van der Waals surface area contributed by atoms with Gasteiger partial charge in [0.25, 0.3) is 0 Å². The average molecular weight is 327 g/mol. The van der Waals surface area contributed by atoms with E-state index in [0.29, 0.717) is 14.6 Å². The molecule has 3 nitrogen and oxygen atoms in total. The highest BCUT2D eigenvalue weighted by Crippen LogP contribution is 2.34. The van der Waals surface area contributed by atoms with Crippen LogP contribution in [-0.4, -0.2) is 10.9 Å². The number of thioether (sulfide) groups is 1. The Bertz CT molecular complexity index is 774. The Morgan fingerprint density at radius 3 is 2.60 bits per heavy atom. The number of Topliss-reactive ketones (excluding diaryl/α,β-unsaturated/α-hetero) is 1. The molecule has 104 valence electrons. The van der Waals surface area contributed by atoms with E-state index in [2.05, 4.69) is 0 Å². The van der Waals surface area contributed by atoms with Crippen LogP contribution in [0.15, 0.2) is 43.9 Å². The van der Waals surface area contributed by atoms with Crippen molar-refractivity contribution in [2.45, 2.75) is 18.1 Å². The maximum absolute atomic E-state index is 12.0. The molecule has 1 heterocycles. The number of rotatable bonds is 3. The first-order valence-electron chi connectivity index (χ1n) is 5.70. The van der Waals surface area contributed by atoms with Crippen LogP contribution in [0.3, 0.4) is 0 Å². The minimum atomic E-state index is -0.231. The smallest absolute Gasteiger partial charge is 0.189 e. The Labute approximate surface area is 128 Å². The summed E-state index contributed by atoms with van der Waals surface area (Å²) in [5.41, 5.74) is -0.151. The highest BCUT2D eigenvalue weighted by molar-refractivity contribution is 8.05. The quantitative estimate of drug-likeness (QED) is 0.516. The molecule has 2 aromatic rings. The fraction of sp³-hybridized carbons (Fsp3) is 0.143. The molecule has 0 saturated heterocycles. The summed E-state index contributed by atoms with van der Waals surface area (Å²) in [6.45, 7) is 2.83. The summed E-state index contributed by atoms with van der Waals surface area (Å²) in [7, 11) is 0. The molecule has 2 rings (SSSR count). The Morgan fingerprint density at radius 1 is 1.30 bits per heavy atom. The minimum Gasteiger partial charge on any atom is -0.511 e. The molecule has 0 radical (unpaired) electrons. The van der Waals surface area contributed by atoms with Gasteiger partial charge in [-0.1, -0.05) is 23.4 Å². The molecular weight excluding hydrogens is 316 g/mol. The van der Waals surface area contributed by atoms with Gasteiger partial charge in [0.1, 0.15) is 5.76 Å². The molecule has 0 fully saturated rings. The number of aliphatic hydroxyl groups excluding tert-OH is 1. The zero-order valence-corrected chi connectivity index (χ0v) is 13.2. The van der Waals surface area contributed by atoms with Crippen LogP contribution >= 0.6 is 34.7 Å². The second kappa shape index (κ2) is 5.99. The van der Waals surface area contributed by atoms with Gasteiger partial charge in [-0.05, 0) is 32.0 Å². The maximum atomic E-state index is 12.0. The topological polar surface area (TPSA) is 54.4 Å². The Balaban J connectivity index is 2.52. The van der Waals surface area contributed by atoms with Crippen molar-refractivity contribution in [3.63, 3.8) is 0 Å². The van der Waals surface area contributed by atoms with E-state index in [9.17, 15) is 14.7 Å². The molecule has 6 heteroatoms. The third-order valence-corrected chi connectivity index (χ3v) is 5.25. The molecule has 0 spiro atoms. The number of halogens is 1. The normalized spacial score (nSPS) is 12.3. The standard InChI is InChI=1S/C14H11ClO3S2/c1-7(16)14(8(2)17)20-13-6-11(18)10-5-9(15)3-4-12(10)19-13/h3-6,16H,1-2H3/b14-7-. The third-order valence-electron chi connectivity index (χ3n) is 2.52. The average Bonchev–Trinajstić information content (AvgIpc) is 2.36. The van der Waals surface area contributed by atoms with Gasteiger partial charge in [-0.15, -0.1) is 11.3 Å². The number of carbonyl (C=O) groups is 1. The van der Waals surface area contributed by atoms with E-state index in [1.165, 1.54) is 31.3 Å². The minimum absolute atomic E-state index is 0.0432. The monoisotopic (exact) mass is 326 g/mol. The summed E-state index contributed by atoms with van der Waals surface area (Å²) in [5.74, 6) is -0.274. The predicted molar refractivity (Wildman–Crippen MR) is 85.0 cm³/mol. The molecule has 0 amide bonds. The van der Waals surface area contributed by atoms with Gasteiger partial charge >= 0.3 is 0 Å². The zero-order chi connectivity index (χ0) is 14.9. The number of carbonyl (C=O) groups excluding carboxylic acids is 1. The molecule has 0 unspecified atom stereocenters. The first kappa shape index (κ1) is 15.1.